The number of allylic oxidation sites excluding steroid dienone is 12. The molecule has 2 unspecified atom stereocenters. The molecule has 0 aliphatic carbocycles. The molecule has 3 N–H and O–H groups in total. The summed E-state index contributed by atoms with van der Waals surface area (Å²) in [6, 6.07) is 0. The first-order valence-corrected chi connectivity index (χ1v) is 22.4. The summed E-state index contributed by atoms with van der Waals surface area (Å²) in [4.78, 5) is 34.8. The summed E-state index contributed by atoms with van der Waals surface area (Å²) >= 11 is 0. The zero-order valence-electron chi connectivity index (χ0n) is 33.9. The van der Waals surface area contributed by atoms with Crippen molar-refractivity contribution in [2.24, 2.45) is 5.73 Å². The topological polar surface area (TPSA) is 134 Å². The molecule has 0 aromatic rings. The maximum Gasteiger partial charge on any atom is 0.472 e. The van der Waals surface area contributed by atoms with E-state index in [2.05, 4.69) is 86.8 Å². The number of carbonyl (C=O) groups is 2. The second-order valence-electron chi connectivity index (χ2n) is 13.5. The van der Waals surface area contributed by atoms with Gasteiger partial charge in [0.25, 0.3) is 0 Å². The fraction of sp³-hybridized carbons (Fsp3) is 0.682. The first kappa shape index (κ1) is 51.5. The Balaban J connectivity index is 4.25. The van der Waals surface area contributed by atoms with Crippen LogP contribution in [-0.2, 0) is 32.7 Å². The third-order valence-electron chi connectivity index (χ3n) is 8.33. The van der Waals surface area contributed by atoms with Gasteiger partial charge < -0.3 is 20.1 Å². The average molecular weight is 778 g/mol. The Bertz CT molecular complexity index is 1110. The molecule has 0 aromatic heterocycles. The van der Waals surface area contributed by atoms with Gasteiger partial charge in [0.05, 0.1) is 13.2 Å². The monoisotopic (exact) mass is 778 g/mol. The predicted molar refractivity (Wildman–Crippen MR) is 224 cm³/mol. The molecule has 0 saturated carbocycles. The summed E-state index contributed by atoms with van der Waals surface area (Å²) in [6.07, 6.45) is 47.9. The van der Waals surface area contributed by atoms with Crippen LogP contribution >= 0.6 is 7.82 Å². The highest BCUT2D eigenvalue weighted by atomic mass is 31.2. The Morgan fingerprint density at radius 2 is 1.02 bits per heavy atom. The maximum atomic E-state index is 12.5. The number of ether oxygens (including phenoxy) is 2. The van der Waals surface area contributed by atoms with Crippen LogP contribution in [0.2, 0.25) is 0 Å². The molecule has 0 bridgehead atoms. The van der Waals surface area contributed by atoms with Gasteiger partial charge in [-0.1, -0.05) is 138 Å². The number of phosphoric acid groups is 1. The quantitative estimate of drug-likeness (QED) is 0.0272. The Kier molecular flexibility index (Phi) is 38.2. The fourth-order valence-electron chi connectivity index (χ4n) is 5.24. The predicted octanol–water partition coefficient (Wildman–Crippen LogP) is 11.9. The number of hydrogen-bond donors (Lipinski definition) is 2. The van der Waals surface area contributed by atoms with E-state index >= 15 is 0 Å². The molecule has 0 amide bonds. The summed E-state index contributed by atoms with van der Waals surface area (Å²) in [5.41, 5.74) is 5.34. The molecule has 0 aliphatic heterocycles. The molecule has 0 saturated heterocycles. The van der Waals surface area contributed by atoms with Crippen molar-refractivity contribution in [3.63, 3.8) is 0 Å². The Labute approximate surface area is 329 Å². The van der Waals surface area contributed by atoms with E-state index in [1.165, 1.54) is 51.4 Å². The number of unbranched alkanes of at least 4 members (excludes halogenated alkanes) is 13. The van der Waals surface area contributed by atoms with Crippen molar-refractivity contribution in [3.05, 3.63) is 72.9 Å². The summed E-state index contributed by atoms with van der Waals surface area (Å²) in [7, 11) is -4.39. The lowest BCUT2D eigenvalue weighted by Gasteiger charge is -2.19. The lowest BCUT2D eigenvalue weighted by Crippen LogP contribution is -2.29. The number of phosphoric ester groups is 1. The second-order valence-corrected chi connectivity index (χ2v) is 14.9. The first-order chi connectivity index (χ1) is 26.3. The number of nitrogens with two attached hydrogens (primary N) is 1. The van der Waals surface area contributed by atoms with Gasteiger partial charge in [0.1, 0.15) is 6.61 Å². The van der Waals surface area contributed by atoms with Crippen LogP contribution in [0.15, 0.2) is 72.9 Å². The van der Waals surface area contributed by atoms with Crippen molar-refractivity contribution >= 4 is 19.8 Å². The molecular weight excluding hydrogens is 701 g/mol. The third-order valence-corrected chi connectivity index (χ3v) is 9.31. The molecule has 10 heteroatoms. The smallest absolute Gasteiger partial charge is 0.462 e. The molecule has 0 fully saturated rings. The van der Waals surface area contributed by atoms with E-state index in [9.17, 15) is 19.0 Å². The SMILES string of the molecule is CC/C=C\C/C=C\C/C=C\C/C=C\CCCCC(=O)OC(COC(=O)CCCCCCCCC/C=C\C/C=C\CCCCCC)COP(=O)(O)OCCN. The van der Waals surface area contributed by atoms with E-state index in [1.54, 1.807) is 0 Å². The largest absolute Gasteiger partial charge is 0.472 e. The van der Waals surface area contributed by atoms with Gasteiger partial charge in [0.2, 0.25) is 0 Å². The van der Waals surface area contributed by atoms with E-state index in [-0.39, 0.29) is 32.6 Å². The summed E-state index contributed by atoms with van der Waals surface area (Å²) < 4.78 is 32.7. The Hall–Kier alpha value is -2.55. The average Bonchev–Trinajstić information content (AvgIpc) is 3.16. The van der Waals surface area contributed by atoms with Crippen molar-refractivity contribution in [1.82, 2.24) is 0 Å². The minimum absolute atomic E-state index is 0.0417. The van der Waals surface area contributed by atoms with Crippen molar-refractivity contribution in [2.45, 2.75) is 168 Å². The van der Waals surface area contributed by atoms with Crippen LogP contribution in [0.1, 0.15) is 162 Å². The minimum Gasteiger partial charge on any atom is -0.462 e. The summed E-state index contributed by atoms with van der Waals surface area (Å²) in [5, 5.41) is 0. The first-order valence-electron chi connectivity index (χ1n) is 20.9. The molecule has 0 aliphatic rings. The van der Waals surface area contributed by atoms with Crippen LogP contribution in [0.25, 0.3) is 0 Å². The minimum atomic E-state index is -4.39. The van der Waals surface area contributed by atoms with E-state index in [0.717, 1.165) is 70.6 Å². The van der Waals surface area contributed by atoms with Gasteiger partial charge in [-0.2, -0.15) is 0 Å². The van der Waals surface area contributed by atoms with Crippen LogP contribution in [-0.4, -0.2) is 49.3 Å². The van der Waals surface area contributed by atoms with E-state index in [4.69, 9.17) is 24.3 Å². The van der Waals surface area contributed by atoms with E-state index in [0.29, 0.717) is 12.8 Å². The molecule has 310 valence electrons. The molecule has 0 spiro atoms. The lowest BCUT2D eigenvalue weighted by molar-refractivity contribution is -0.161. The number of rotatable bonds is 38. The number of carbonyl (C=O) groups excluding carboxylic acids is 2. The van der Waals surface area contributed by atoms with Gasteiger partial charge in [0.15, 0.2) is 6.10 Å². The molecule has 0 heterocycles. The molecule has 9 nitrogen and oxygen atoms in total. The summed E-state index contributed by atoms with van der Waals surface area (Å²) in [6.45, 7) is 3.52. The zero-order chi connectivity index (χ0) is 39.6. The third kappa shape index (κ3) is 39.2. The van der Waals surface area contributed by atoms with Gasteiger partial charge in [-0.3, -0.25) is 18.6 Å². The van der Waals surface area contributed by atoms with Gasteiger partial charge in [-0.25, -0.2) is 4.57 Å². The zero-order valence-corrected chi connectivity index (χ0v) is 34.8. The van der Waals surface area contributed by atoms with Crippen LogP contribution < -0.4 is 5.73 Å². The standard InChI is InChI=1S/C44H76NO8P/c1-3-5-7-9-11-13-15-17-19-20-21-23-24-26-28-30-32-34-36-43(46)50-40-42(41-52-54(48,49)51-39-38-45)53-44(47)37-35-33-31-29-27-25-22-18-16-14-12-10-8-6-4-2/h6,8,12-15,18-20,22,27,29,42H,3-5,7,9-11,16-17,21,23-26,28,30-41,45H2,1-2H3,(H,48,49)/b8-6-,14-12-,15-13-,20-19-,22-18-,29-27-. The van der Waals surface area contributed by atoms with E-state index < -0.39 is 32.5 Å². The van der Waals surface area contributed by atoms with Crippen LogP contribution in [0.5, 0.6) is 0 Å². The van der Waals surface area contributed by atoms with Crippen LogP contribution in [0.4, 0.5) is 0 Å². The highest BCUT2D eigenvalue weighted by Gasteiger charge is 2.25. The maximum absolute atomic E-state index is 12.5. The molecule has 0 aromatic carbocycles. The number of esters is 2. The Morgan fingerprint density at radius 3 is 1.56 bits per heavy atom. The van der Waals surface area contributed by atoms with Crippen molar-refractivity contribution in [1.29, 1.82) is 0 Å². The molecule has 0 radical (unpaired) electrons. The Morgan fingerprint density at radius 1 is 0.574 bits per heavy atom. The van der Waals surface area contributed by atoms with Crippen molar-refractivity contribution in [2.75, 3.05) is 26.4 Å². The van der Waals surface area contributed by atoms with Gasteiger partial charge in [0, 0.05) is 19.4 Å². The van der Waals surface area contributed by atoms with Crippen LogP contribution in [0, 0.1) is 0 Å². The van der Waals surface area contributed by atoms with Crippen LogP contribution in [0.3, 0.4) is 0 Å². The molecule has 0 rings (SSSR count). The van der Waals surface area contributed by atoms with Gasteiger partial charge >= 0.3 is 19.8 Å². The van der Waals surface area contributed by atoms with Crippen molar-refractivity contribution in [3.8, 4) is 0 Å². The number of hydrogen-bond acceptors (Lipinski definition) is 8. The lowest BCUT2D eigenvalue weighted by atomic mass is 10.1. The second kappa shape index (κ2) is 40.1. The van der Waals surface area contributed by atoms with Gasteiger partial charge in [-0.05, 0) is 83.5 Å². The molecular formula is C44H76NO8P. The molecule has 2 atom stereocenters. The normalized spacial score (nSPS) is 14.1. The van der Waals surface area contributed by atoms with Gasteiger partial charge in [-0.15, -0.1) is 0 Å². The highest BCUT2D eigenvalue weighted by Crippen LogP contribution is 2.43. The fourth-order valence-corrected chi connectivity index (χ4v) is 6.01. The summed E-state index contributed by atoms with van der Waals surface area (Å²) in [5.74, 6) is -0.893. The van der Waals surface area contributed by atoms with E-state index in [1.807, 2.05) is 0 Å². The molecule has 54 heavy (non-hydrogen) atoms. The highest BCUT2D eigenvalue weighted by molar-refractivity contribution is 7.47. The van der Waals surface area contributed by atoms with Crippen molar-refractivity contribution < 1.29 is 37.6 Å².